The summed E-state index contributed by atoms with van der Waals surface area (Å²) in [5, 5.41) is 1.85. The zero-order valence-electron chi connectivity index (χ0n) is 16.8. The van der Waals surface area contributed by atoms with Gasteiger partial charge in [-0.3, -0.25) is 9.59 Å². The summed E-state index contributed by atoms with van der Waals surface area (Å²) in [6, 6.07) is 15.0. The molecule has 0 N–H and O–H groups in total. The second kappa shape index (κ2) is 8.37. The van der Waals surface area contributed by atoms with Gasteiger partial charge in [-0.2, -0.15) is 4.31 Å². The highest BCUT2D eigenvalue weighted by Crippen LogP contribution is 2.24. The van der Waals surface area contributed by atoms with Crippen molar-refractivity contribution in [2.75, 3.05) is 26.2 Å². The van der Waals surface area contributed by atoms with Crippen LogP contribution in [0.5, 0.6) is 0 Å². The first-order valence-electron chi connectivity index (χ1n) is 9.73. The van der Waals surface area contributed by atoms with E-state index < -0.39 is 10.0 Å². The number of benzene rings is 2. The van der Waals surface area contributed by atoms with Crippen LogP contribution in [0.4, 0.5) is 0 Å². The van der Waals surface area contributed by atoms with Gasteiger partial charge in [0, 0.05) is 37.1 Å². The molecule has 0 saturated carbocycles. The van der Waals surface area contributed by atoms with E-state index >= 15 is 0 Å². The van der Waals surface area contributed by atoms with Crippen LogP contribution < -0.4 is 0 Å². The lowest BCUT2D eigenvalue weighted by Crippen LogP contribution is -2.50. The van der Waals surface area contributed by atoms with Crippen molar-refractivity contribution in [3.8, 4) is 0 Å². The van der Waals surface area contributed by atoms with E-state index in [1.807, 2.05) is 24.3 Å². The zero-order valence-corrected chi connectivity index (χ0v) is 18.4. The number of pyridine rings is 1. The van der Waals surface area contributed by atoms with Crippen LogP contribution in [-0.4, -0.2) is 60.5 Å². The fraction of sp³-hybridized carbons (Fsp3) is 0.227. The van der Waals surface area contributed by atoms with Gasteiger partial charge in [-0.15, -0.1) is 0 Å². The lowest BCUT2D eigenvalue weighted by molar-refractivity contribution is 0.0692. The van der Waals surface area contributed by atoms with E-state index in [-0.39, 0.29) is 53.6 Å². The van der Waals surface area contributed by atoms with Gasteiger partial charge in [0.2, 0.25) is 10.0 Å². The van der Waals surface area contributed by atoms with Crippen molar-refractivity contribution in [2.24, 2.45) is 0 Å². The Morgan fingerprint density at radius 1 is 0.968 bits per heavy atom. The van der Waals surface area contributed by atoms with E-state index in [9.17, 15) is 18.0 Å². The van der Waals surface area contributed by atoms with Crippen molar-refractivity contribution in [1.82, 2.24) is 14.2 Å². The van der Waals surface area contributed by atoms with Gasteiger partial charge < -0.3 is 4.90 Å². The van der Waals surface area contributed by atoms with Crippen LogP contribution in [0.3, 0.4) is 0 Å². The van der Waals surface area contributed by atoms with E-state index in [0.717, 1.165) is 10.8 Å². The topological polar surface area (TPSA) is 87.7 Å². The van der Waals surface area contributed by atoms with Crippen LogP contribution in [0, 0.1) is 0 Å². The van der Waals surface area contributed by atoms with Crippen molar-refractivity contribution in [1.29, 1.82) is 0 Å². The number of halogens is 1. The first kappa shape index (κ1) is 21.4. The highest BCUT2D eigenvalue weighted by Gasteiger charge is 2.31. The van der Waals surface area contributed by atoms with Crippen LogP contribution in [-0.2, 0) is 10.0 Å². The molecule has 0 bridgehead atoms. The number of Topliss-reactive ketones (excluding diaryl/α,β-unsaturated/α-hetero) is 1. The van der Waals surface area contributed by atoms with E-state index in [2.05, 4.69) is 4.98 Å². The van der Waals surface area contributed by atoms with Gasteiger partial charge in [-0.25, -0.2) is 13.4 Å². The molecule has 1 aliphatic rings. The molecule has 1 saturated heterocycles. The van der Waals surface area contributed by atoms with Crippen LogP contribution in [0.2, 0.25) is 5.15 Å². The predicted molar refractivity (Wildman–Crippen MR) is 118 cm³/mol. The fourth-order valence-electron chi connectivity index (χ4n) is 3.57. The minimum atomic E-state index is -3.71. The summed E-state index contributed by atoms with van der Waals surface area (Å²) in [4.78, 5) is 30.3. The molecule has 0 radical (unpaired) electrons. The smallest absolute Gasteiger partial charge is 0.272 e. The van der Waals surface area contributed by atoms with Gasteiger partial charge in [-0.1, -0.05) is 48.0 Å². The third-order valence-electron chi connectivity index (χ3n) is 5.34. The van der Waals surface area contributed by atoms with Gasteiger partial charge in [0.25, 0.3) is 5.91 Å². The molecule has 0 aliphatic carbocycles. The molecule has 1 fully saturated rings. The van der Waals surface area contributed by atoms with Gasteiger partial charge in [-0.05, 0) is 30.5 Å². The average Bonchev–Trinajstić information content (AvgIpc) is 2.78. The van der Waals surface area contributed by atoms with E-state index in [0.29, 0.717) is 5.56 Å². The maximum atomic E-state index is 12.9. The summed E-state index contributed by atoms with van der Waals surface area (Å²) in [5.41, 5.74) is 0.691. The largest absolute Gasteiger partial charge is 0.335 e. The van der Waals surface area contributed by atoms with Gasteiger partial charge in [0.1, 0.15) is 10.8 Å². The van der Waals surface area contributed by atoms with E-state index in [1.165, 1.54) is 35.5 Å². The van der Waals surface area contributed by atoms with E-state index in [1.54, 1.807) is 11.0 Å². The fourth-order valence-corrected chi connectivity index (χ4v) is 5.26. The molecule has 1 aromatic heterocycles. The molecule has 31 heavy (non-hydrogen) atoms. The SMILES string of the molecule is CC(=O)c1ccc(S(=O)(=O)N2CCN(C(=O)c3cc4ccccc4c(Cl)n3)CC2)cc1. The molecule has 9 heteroatoms. The van der Waals surface area contributed by atoms with Crippen molar-refractivity contribution >= 4 is 44.1 Å². The molecule has 7 nitrogen and oxygen atoms in total. The Morgan fingerprint density at radius 3 is 2.26 bits per heavy atom. The maximum Gasteiger partial charge on any atom is 0.272 e. The Balaban J connectivity index is 1.48. The second-order valence-electron chi connectivity index (χ2n) is 7.30. The number of nitrogens with zero attached hydrogens (tertiary/aromatic N) is 3. The Kier molecular flexibility index (Phi) is 5.79. The van der Waals surface area contributed by atoms with Crippen LogP contribution >= 0.6 is 11.6 Å². The quantitative estimate of drug-likeness (QED) is 0.443. The number of carbonyl (C=O) groups is 2. The molecule has 160 valence electrons. The Labute approximate surface area is 185 Å². The molecular weight excluding hydrogens is 438 g/mol. The molecule has 4 rings (SSSR count). The molecule has 0 spiro atoms. The number of hydrogen-bond acceptors (Lipinski definition) is 5. The average molecular weight is 458 g/mol. The summed E-state index contributed by atoms with van der Waals surface area (Å²) in [6.07, 6.45) is 0. The molecule has 2 heterocycles. The number of rotatable bonds is 4. The van der Waals surface area contributed by atoms with Crippen LogP contribution in [0.25, 0.3) is 10.8 Å². The summed E-state index contributed by atoms with van der Waals surface area (Å²) in [7, 11) is -3.71. The van der Waals surface area contributed by atoms with E-state index in [4.69, 9.17) is 11.6 Å². The number of hydrogen-bond donors (Lipinski definition) is 0. The second-order valence-corrected chi connectivity index (χ2v) is 9.59. The molecule has 1 aliphatic heterocycles. The predicted octanol–water partition coefficient (Wildman–Crippen LogP) is 3.24. The number of amides is 1. The van der Waals surface area contributed by atoms with Crippen LogP contribution in [0.15, 0.2) is 59.5 Å². The number of aromatic nitrogens is 1. The summed E-state index contributed by atoms with van der Waals surface area (Å²) >= 11 is 6.24. The molecule has 3 aromatic rings. The van der Waals surface area contributed by atoms with Crippen molar-refractivity contribution < 1.29 is 18.0 Å². The minimum absolute atomic E-state index is 0.125. The van der Waals surface area contributed by atoms with Crippen molar-refractivity contribution in [3.63, 3.8) is 0 Å². The molecule has 2 aromatic carbocycles. The number of sulfonamides is 1. The van der Waals surface area contributed by atoms with Crippen LogP contribution in [0.1, 0.15) is 27.8 Å². The Morgan fingerprint density at radius 2 is 1.61 bits per heavy atom. The lowest BCUT2D eigenvalue weighted by Gasteiger charge is -2.33. The standard InChI is InChI=1S/C22H20ClN3O4S/c1-15(27)16-6-8-18(9-7-16)31(29,30)26-12-10-25(11-13-26)22(28)20-14-17-4-2-3-5-19(17)21(23)24-20/h2-9,14H,10-13H2,1H3. The Bertz CT molecular complexity index is 1270. The normalized spacial score (nSPS) is 15.2. The van der Waals surface area contributed by atoms with Gasteiger partial charge in [0.05, 0.1) is 4.90 Å². The minimum Gasteiger partial charge on any atom is -0.335 e. The molecule has 0 atom stereocenters. The molecule has 0 unspecified atom stereocenters. The van der Waals surface area contributed by atoms with Gasteiger partial charge in [0.15, 0.2) is 5.78 Å². The number of piperazine rings is 1. The molecular formula is C22H20ClN3O4S. The summed E-state index contributed by atoms with van der Waals surface area (Å²) in [6.45, 7) is 2.26. The first-order chi connectivity index (χ1) is 14.8. The monoisotopic (exact) mass is 457 g/mol. The molecule has 1 amide bonds. The number of carbonyl (C=O) groups excluding carboxylic acids is 2. The van der Waals surface area contributed by atoms with Crippen molar-refractivity contribution in [3.05, 3.63) is 71.0 Å². The zero-order chi connectivity index (χ0) is 22.2. The van der Waals surface area contributed by atoms with Gasteiger partial charge >= 0.3 is 0 Å². The lowest BCUT2D eigenvalue weighted by atomic mass is 10.1. The first-order valence-corrected chi connectivity index (χ1v) is 11.5. The maximum absolute atomic E-state index is 12.9. The highest BCUT2D eigenvalue weighted by atomic mass is 35.5. The third-order valence-corrected chi connectivity index (χ3v) is 7.54. The van der Waals surface area contributed by atoms with Crippen molar-refractivity contribution in [2.45, 2.75) is 11.8 Å². The summed E-state index contributed by atoms with van der Waals surface area (Å²) in [5.74, 6) is -0.408. The Hall–Kier alpha value is -2.81. The number of ketones is 1. The number of fused-ring (bicyclic) bond motifs is 1. The highest BCUT2D eigenvalue weighted by molar-refractivity contribution is 7.89. The third kappa shape index (κ3) is 4.19. The summed E-state index contributed by atoms with van der Waals surface area (Å²) < 4.78 is 27.2.